The largest absolute Gasteiger partial charge is 0.423 e. The maximum atomic E-state index is 14.9. The molecule has 41 heavy (non-hydrogen) atoms. The summed E-state index contributed by atoms with van der Waals surface area (Å²) in [7, 11) is 0. The summed E-state index contributed by atoms with van der Waals surface area (Å²) in [5.41, 5.74) is 0.567. The number of H-pyrrole nitrogens is 1. The van der Waals surface area contributed by atoms with Crippen LogP contribution >= 0.6 is 0 Å². The lowest BCUT2D eigenvalue weighted by Gasteiger charge is -2.25. The number of carbonyl (C=O) groups is 1. The first-order valence-electron chi connectivity index (χ1n) is 12.3. The van der Waals surface area contributed by atoms with Gasteiger partial charge in [-0.2, -0.15) is 13.2 Å². The zero-order chi connectivity index (χ0) is 28.6. The van der Waals surface area contributed by atoms with E-state index in [2.05, 4.69) is 20.3 Å². The highest BCUT2D eigenvalue weighted by Crippen LogP contribution is 2.36. The van der Waals surface area contributed by atoms with Crippen LogP contribution in [-0.2, 0) is 6.18 Å². The standard InChI is InChI=1S/C30H19F4N5O2/c31-24-9-8-23(15-26(24)38-29-37-17-27(41-29)20-3-2-11-35-16-20)39(22-5-1-4-21(14-22)30(32,33)34)28(40)19-7-6-18-10-12-36-25(18)13-19/h1-17,36H,(H,37,38). The van der Waals surface area contributed by atoms with Crippen molar-refractivity contribution < 1.29 is 26.8 Å². The van der Waals surface area contributed by atoms with Crippen LogP contribution in [0.4, 0.5) is 40.6 Å². The first-order valence-corrected chi connectivity index (χ1v) is 12.3. The topological polar surface area (TPSA) is 87.0 Å². The Kier molecular flexibility index (Phi) is 6.46. The molecule has 3 aromatic heterocycles. The second-order valence-electron chi connectivity index (χ2n) is 9.03. The summed E-state index contributed by atoms with van der Waals surface area (Å²) < 4.78 is 61.4. The van der Waals surface area contributed by atoms with Gasteiger partial charge < -0.3 is 14.7 Å². The predicted molar refractivity (Wildman–Crippen MR) is 146 cm³/mol. The molecular formula is C30H19F4N5O2. The van der Waals surface area contributed by atoms with E-state index in [1.807, 2.05) is 6.07 Å². The van der Waals surface area contributed by atoms with Crippen molar-refractivity contribution in [3.05, 3.63) is 121 Å². The second kappa shape index (κ2) is 10.3. The molecule has 0 aliphatic carbocycles. The van der Waals surface area contributed by atoms with E-state index in [9.17, 15) is 22.4 Å². The number of aromatic nitrogens is 3. The number of alkyl halides is 3. The van der Waals surface area contributed by atoms with Crippen LogP contribution in [0.2, 0.25) is 0 Å². The highest BCUT2D eigenvalue weighted by atomic mass is 19.4. The third-order valence-electron chi connectivity index (χ3n) is 6.34. The van der Waals surface area contributed by atoms with Crippen LogP contribution in [0.25, 0.3) is 22.2 Å². The normalized spacial score (nSPS) is 11.5. The Bertz CT molecular complexity index is 1860. The second-order valence-corrected chi connectivity index (χ2v) is 9.03. The molecule has 0 bridgehead atoms. The zero-order valence-electron chi connectivity index (χ0n) is 21.0. The number of amides is 1. The molecular weight excluding hydrogens is 538 g/mol. The van der Waals surface area contributed by atoms with E-state index in [1.54, 1.807) is 48.9 Å². The van der Waals surface area contributed by atoms with Crippen molar-refractivity contribution in [3.8, 4) is 11.3 Å². The zero-order valence-corrected chi connectivity index (χ0v) is 21.0. The first-order chi connectivity index (χ1) is 19.8. The quantitative estimate of drug-likeness (QED) is 0.202. The number of rotatable bonds is 6. The van der Waals surface area contributed by atoms with Crippen molar-refractivity contribution >= 4 is 39.9 Å². The van der Waals surface area contributed by atoms with Gasteiger partial charge in [0.1, 0.15) is 5.82 Å². The van der Waals surface area contributed by atoms with Crippen molar-refractivity contribution in [2.75, 3.05) is 10.2 Å². The number of nitrogens with zero attached hydrogens (tertiary/aromatic N) is 3. The van der Waals surface area contributed by atoms with Gasteiger partial charge in [-0.1, -0.05) is 12.1 Å². The molecule has 0 aliphatic heterocycles. The molecule has 0 fully saturated rings. The lowest BCUT2D eigenvalue weighted by Crippen LogP contribution is -2.26. The number of hydrogen-bond donors (Lipinski definition) is 2. The minimum absolute atomic E-state index is 0.0333. The molecule has 6 aromatic rings. The van der Waals surface area contributed by atoms with Gasteiger partial charge in [0.05, 0.1) is 23.1 Å². The van der Waals surface area contributed by atoms with Crippen LogP contribution in [0.15, 0.2) is 108 Å². The average Bonchev–Trinajstić information content (AvgIpc) is 3.64. The number of benzene rings is 3. The summed E-state index contributed by atoms with van der Waals surface area (Å²) in [6, 6.07) is 18.3. The third kappa shape index (κ3) is 5.24. The lowest BCUT2D eigenvalue weighted by atomic mass is 10.1. The van der Waals surface area contributed by atoms with Gasteiger partial charge in [-0.3, -0.25) is 14.7 Å². The number of aromatic amines is 1. The monoisotopic (exact) mass is 557 g/mol. The van der Waals surface area contributed by atoms with Gasteiger partial charge in [0.25, 0.3) is 11.9 Å². The molecule has 6 rings (SSSR count). The molecule has 204 valence electrons. The van der Waals surface area contributed by atoms with Crippen LogP contribution in [0.5, 0.6) is 0 Å². The van der Waals surface area contributed by atoms with Crippen molar-refractivity contribution in [2.24, 2.45) is 0 Å². The SMILES string of the molecule is O=C(c1ccc2cc[nH]c2c1)N(c1cccc(C(F)(F)F)c1)c1ccc(F)c(Nc2ncc(-c3cccnc3)o2)c1. The predicted octanol–water partition coefficient (Wildman–Crippen LogP) is 8.10. The Morgan fingerprint density at radius 1 is 0.927 bits per heavy atom. The Hall–Kier alpha value is -5.45. The van der Waals surface area contributed by atoms with Crippen molar-refractivity contribution in [1.82, 2.24) is 15.0 Å². The van der Waals surface area contributed by atoms with Gasteiger partial charge in [-0.05, 0) is 72.1 Å². The van der Waals surface area contributed by atoms with E-state index in [-0.39, 0.29) is 28.6 Å². The highest BCUT2D eigenvalue weighted by Gasteiger charge is 2.32. The number of pyridine rings is 1. The van der Waals surface area contributed by atoms with Gasteiger partial charge in [0.2, 0.25) is 0 Å². The molecule has 0 radical (unpaired) electrons. The van der Waals surface area contributed by atoms with Gasteiger partial charge in [-0.15, -0.1) is 0 Å². The fourth-order valence-electron chi connectivity index (χ4n) is 4.35. The van der Waals surface area contributed by atoms with Crippen LogP contribution in [-0.4, -0.2) is 20.9 Å². The van der Waals surface area contributed by atoms with Crippen molar-refractivity contribution in [2.45, 2.75) is 6.18 Å². The van der Waals surface area contributed by atoms with Crippen LogP contribution < -0.4 is 10.2 Å². The summed E-state index contributed by atoms with van der Waals surface area (Å²) in [6.07, 6.45) is 1.70. The third-order valence-corrected chi connectivity index (χ3v) is 6.34. The molecule has 0 unspecified atom stereocenters. The maximum absolute atomic E-state index is 14.9. The number of nitrogens with one attached hydrogen (secondary N) is 2. The van der Waals surface area contributed by atoms with Gasteiger partial charge in [0, 0.05) is 40.9 Å². The van der Waals surface area contributed by atoms with E-state index in [1.165, 1.54) is 30.5 Å². The molecule has 3 heterocycles. The summed E-state index contributed by atoms with van der Waals surface area (Å²) in [5.74, 6) is -0.926. The molecule has 7 nitrogen and oxygen atoms in total. The van der Waals surface area contributed by atoms with E-state index < -0.39 is 23.5 Å². The van der Waals surface area contributed by atoms with Gasteiger partial charge >= 0.3 is 6.18 Å². The summed E-state index contributed by atoms with van der Waals surface area (Å²) in [5, 5.41) is 3.61. The summed E-state index contributed by atoms with van der Waals surface area (Å²) >= 11 is 0. The number of oxazole rings is 1. The van der Waals surface area contributed by atoms with Crippen LogP contribution in [0, 0.1) is 5.82 Å². The van der Waals surface area contributed by atoms with E-state index in [0.29, 0.717) is 16.8 Å². The maximum Gasteiger partial charge on any atom is 0.416 e. The van der Waals surface area contributed by atoms with E-state index >= 15 is 0 Å². The number of fused-ring (bicyclic) bond motifs is 1. The Morgan fingerprint density at radius 3 is 2.59 bits per heavy atom. The Morgan fingerprint density at radius 2 is 1.78 bits per heavy atom. The summed E-state index contributed by atoms with van der Waals surface area (Å²) in [6.45, 7) is 0. The fourth-order valence-corrected chi connectivity index (χ4v) is 4.35. The number of halogens is 4. The minimum atomic E-state index is -4.64. The molecule has 0 saturated carbocycles. The lowest BCUT2D eigenvalue weighted by molar-refractivity contribution is -0.137. The minimum Gasteiger partial charge on any atom is -0.423 e. The van der Waals surface area contributed by atoms with Gasteiger partial charge in [0.15, 0.2) is 5.76 Å². The van der Waals surface area contributed by atoms with Crippen LogP contribution in [0.1, 0.15) is 15.9 Å². The summed E-state index contributed by atoms with van der Waals surface area (Å²) in [4.78, 5) is 26.1. The molecule has 0 aliphatic rings. The highest BCUT2D eigenvalue weighted by molar-refractivity contribution is 6.12. The average molecular weight is 558 g/mol. The molecule has 3 aromatic carbocycles. The molecule has 11 heteroatoms. The number of hydrogen-bond acceptors (Lipinski definition) is 5. The number of anilines is 4. The van der Waals surface area contributed by atoms with Crippen LogP contribution in [0.3, 0.4) is 0 Å². The molecule has 2 N–H and O–H groups in total. The first kappa shape index (κ1) is 25.8. The fraction of sp³-hybridized carbons (Fsp3) is 0.0333. The Balaban J connectivity index is 1.41. The van der Waals surface area contributed by atoms with Crippen molar-refractivity contribution in [3.63, 3.8) is 0 Å². The molecule has 0 saturated heterocycles. The smallest absolute Gasteiger partial charge is 0.416 e. The molecule has 0 atom stereocenters. The van der Waals surface area contributed by atoms with E-state index in [4.69, 9.17) is 4.42 Å². The molecule has 0 spiro atoms. The Labute approximate surface area is 230 Å². The number of carbonyl (C=O) groups excluding carboxylic acids is 1. The molecule has 1 amide bonds. The van der Waals surface area contributed by atoms with Gasteiger partial charge in [-0.25, -0.2) is 9.37 Å². The van der Waals surface area contributed by atoms with Crippen molar-refractivity contribution in [1.29, 1.82) is 0 Å². The van der Waals surface area contributed by atoms with E-state index in [0.717, 1.165) is 28.5 Å².